The maximum atomic E-state index is 13.4. The Hall–Kier alpha value is -2.71. The maximum absolute atomic E-state index is 13.4. The van der Waals surface area contributed by atoms with E-state index in [0.29, 0.717) is 31.5 Å². The van der Waals surface area contributed by atoms with Crippen molar-refractivity contribution in [3.05, 3.63) is 40.0 Å². The Bertz CT molecular complexity index is 1220. The number of nitrogens with one attached hydrogen (secondary N) is 1. The highest BCUT2D eigenvalue weighted by Gasteiger charge is 2.71. The topological polar surface area (TPSA) is 103 Å². The minimum Gasteiger partial charge on any atom is -0.393 e. The molecular formula is C24H25F6N3O4S. The van der Waals surface area contributed by atoms with Crippen LogP contribution < -0.4 is 5.32 Å². The minimum absolute atomic E-state index is 0.0873. The SMILES string of the molecule is Cc1cc(C(O)(C(F)(F)F)C(F)(F)F)ccc1-c1sc(C(=O)N[C@H]2C[C@H](O)C2)nc1C(=O)N1CCC[C@@H]1C. The summed E-state index contributed by atoms with van der Waals surface area (Å²) in [4.78, 5) is 32.1. The number of nitrogens with zero attached hydrogens (tertiary/aromatic N) is 2. The van der Waals surface area contributed by atoms with Crippen molar-refractivity contribution in [2.75, 3.05) is 6.54 Å². The van der Waals surface area contributed by atoms with E-state index in [1.165, 1.54) is 6.92 Å². The third-order valence-corrected chi connectivity index (χ3v) is 8.08. The van der Waals surface area contributed by atoms with E-state index >= 15 is 0 Å². The monoisotopic (exact) mass is 565 g/mol. The Morgan fingerprint density at radius 1 is 1.13 bits per heavy atom. The number of benzene rings is 1. The molecule has 1 aliphatic heterocycles. The van der Waals surface area contributed by atoms with Gasteiger partial charge in [-0.25, -0.2) is 4.98 Å². The molecule has 208 valence electrons. The molecule has 7 nitrogen and oxygen atoms in total. The molecule has 2 amide bonds. The van der Waals surface area contributed by atoms with Gasteiger partial charge in [-0.05, 0) is 50.7 Å². The molecule has 0 radical (unpaired) electrons. The second-order valence-corrected chi connectivity index (χ2v) is 10.7. The molecular weight excluding hydrogens is 540 g/mol. The number of aliphatic hydroxyl groups is 2. The lowest BCUT2D eigenvalue weighted by molar-refractivity contribution is -0.376. The van der Waals surface area contributed by atoms with Crippen LogP contribution in [-0.2, 0) is 5.60 Å². The summed E-state index contributed by atoms with van der Waals surface area (Å²) in [6.07, 6.45) is -10.4. The lowest BCUT2D eigenvalue weighted by Crippen LogP contribution is -2.53. The largest absolute Gasteiger partial charge is 0.430 e. The van der Waals surface area contributed by atoms with Gasteiger partial charge in [0.2, 0.25) is 0 Å². The Balaban J connectivity index is 1.77. The summed E-state index contributed by atoms with van der Waals surface area (Å²) in [5, 5.41) is 21.8. The molecule has 4 rings (SSSR count). The Morgan fingerprint density at radius 3 is 2.26 bits per heavy atom. The number of thiazole rings is 1. The second-order valence-electron chi connectivity index (χ2n) is 9.72. The first-order valence-corrected chi connectivity index (χ1v) is 12.6. The molecule has 1 aromatic carbocycles. The van der Waals surface area contributed by atoms with Crippen LogP contribution in [0.15, 0.2) is 18.2 Å². The van der Waals surface area contributed by atoms with Gasteiger partial charge in [-0.15, -0.1) is 11.3 Å². The third kappa shape index (κ3) is 4.89. The van der Waals surface area contributed by atoms with Crippen molar-refractivity contribution < 1.29 is 46.1 Å². The first kappa shape index (κ1) is 28.3. The molecule has 1 saturated heterocycles. The zero-order chi connectivity index (χ0) is 28.2. The number of carbonyl (C=O) groups excluding carboxylic acids is 2. The predicted octanol–water partition coefficient (Wildman–Crippen LogP) is 4.31. The van der Waals surface area contributed by atoms with Crippen LogP contribution >= 0.6 is 11.3 Å². The number of likely N-dealkylation sites (tertiary alicyclic amines) is 1. The van der Waals surface area contributed by atoms with Gasteiger partial charge in [0.1, 0.15) is 5.69 Å². The van der Waals surface area contributed by atoms with Crippen molar-refractivity contribution in [2.24, 2.45) is 0 Å². The molecule has 14 heteroatoms. The molecule has 2 aromatic rings. The van der Waals surface area contributed by atoms with E-state index in [4.69, 9.17) is 0 Å². The first-order chi connectivity index (χ1) is 17.5. The van der Waals surface area contributed by atoms with E-state index in [0.717, 1.165) is 30.2 Å². The van der Waals surface area contributed by atoms with E-state index in [9.17, 15) is 46.1 Å². The van der Waals surface area contributed by atoms with Gasteiger partial charge >= 0.3 is 12.4 Å². The predicted molar refractivity (Wildman–Crippen MR) is 125 cm³/mol. The number of hydrogen-bond donors (Lipinski definition) is 3. The number of aromatic nitrogens is 1. The normalized spacial score (nSPS) is 22.4. The van der Waals surface area contributed by atoms with Gasteiger partial charge in [0.25, 0.3) is 17.4 Å². The van der Waals surface area contributed by atoms with Crippen LogP contribution in [0.1, 0.15) is 64.0 Å². The van der Waals surface area contributed by atoms with Crippen molar-refractivity contribution in [2.45, 2.75) is 75.7 Å². The highest BCUT2D eigenvalue weighted by Crippen LogP contribution is 2.50. The van der Waals surface area contributed by atoms with Crippen LogP contribution in [0.25, 0.3) is 10.4 Å². The summed E-state index contributed by atoms with van der Waals surface area (Å²) in [5.74, 6) is -1.12. The molecule has 1 atom stereocenters. The molecule has 1 saturated carbocycles. The van der Waals surface area contributed by atoms with Gasteiger partial charge in [0.05, 0.1) is 11.0 Å². The van der Waals surface area contributed by atoms with Crippen LogP contribution in [0, 0.1) is 6.92 Å². The highest BCUT2D eigenvalue weighted by molar-refractivity contribution is 7.17. The summed E-state index contributed by atoms with van der Waals surface area (Å²) in [6.45, 7) is 3.51. The van der Waals surface area contributed by atoms with Gasteiger partial charge < -0.3 is 20.4 Å². The Labute approximate surface area is 217 Å². The molecule has 0 unspecified atom stereocenters. The van der Waals surface area contributed by atoms with Gasteiger partial charge in [0.15, 0.2) is 5.01 Å². The minimum atomic E-state index is -6.04. The summed E-state index contributed by atoms with van der Waals surface area (Å²) in [6, 6.07) is 1.62. The van der Waals surface area contributed by atoms with Crippen LogP contribution in [0.3, 0.4) is 0 Å². The standard InChI is InChI=1S/C24H25F6N3O4S/c1-11-8-13(22(37,23(25,26)27)24(28,29)30)5-6-16(11)18-17(21(36)33-7-3-4-12(33)2)32-20(38-18)19(35)31-14-9-15(34)10-14/h5-6,8,12,14-15,34,37H,3-4,7,9-10H2,1-2H3,(H,31,35)/t12-,14-,15-/m0/s1. The van der Waals surface area contributed by atoms with E-state index in [1.807, 2.05) is 6.92 Å². The van der Waals surface area contributed by atoms with Crippen molar-refractivity contribution in [3.8, 4) is 10.4 Å². The van der Waals surface area contributed by atoms with E-state index < -0.39 is 41.4 Å². The summed E-state index contributed by atoms with van der Waals surface area (Å²) >= 11 is 0.785. The molecule has 38 heavy (non-hydrogen) atoms. The van der Waals surface area contributed by atoms with Crippen LogP contribution in [0.4, 0.5) is 26.3 Å². The summed E-state index contributed by atoms with van der Waals surface area (Å²) in [7, 11) is 0. The third-order valence-electron chi connectivity index (χ3n) is 7.00. The van der Waals surface area contributed by atoms with Crippen molar-refractivity contribution in [3.63, 3.8) is 0 Å². The van der Waals surface area contributed by atoms with Crippen molar-refractivity contribution >= 4 is 23.2 Å². The van der Waals surface area contributed by atoms with Gasteiger partial charge in [-0.2, -0.15) is 26.3 Å². The average Bonchev–Trinajstić information content (AvgIpc) is 3.42. The van der Waals surface area contributed by atoms with Crippen LogP contribution in [0.5, 0.6) is 0 Å². The van der Waals surface area contributed by atoms with Crippen LogP contribution in [0.2, 0.25) is 0 Å². The number of amides is 2. The number of aryl methyl sites for hydroxylation is 1. The average molecular weight is 566 g/mol. The quantitative estimate of drug-likeness (QED) is 0.469. The maximum Gasteiger partial charge on any atom is 0.430 e. The Kier molecular flexibility index (Phi) is 7.29. The molecule has 3 N–H and O–H groups in total. The first-order valence-electron chi connectivity index (χ1n) is 11.8. The molecule has 1 aliphatic carbocycles. The van der Waals surface area contributed by atoms with Crippen LogP contribution in [-0.4, -0.2) is 69.0 Å². The second kappa shape index (κ2) is 9.79. The number of carbonyl (C=O) groups is 2. The zero-order valence-corrected chi connectivity index (χ0v) is 21.1. The van der Waals surface area contributed by atoms with Gasteiger partial charge in [-0.3, -0.25) is 9.59 Å². The Morgan fingerprint density at radius 2 is 1.76 bits per heavy atom. The van der Waals surface area contributed by atoms with E-state index in [2.05, 4.69) is 10.3 Å². The molecule has 0 bridgehead atoms. The lowest BCUT2D eigenvalue weighted by atomic mass is 9.89. The fourth-order valence-corrected chi connectivity index (χ4v) is 5.75. The van der Waals surface area contributed by atoms with Crippen molar-refractivity contribution in [1.29, 1.82) is 0 Å². The number of halogens is 6. The van der Waals surface area contributed by atoms with E-state index in [1.54, 1.807) is 4.90 Å². The van der Waals surface area contributed by atoms with Crippen molar-refractivity contribution in [1.82, 2.24) is 15.2 Å². The molecule has 2 fully saturated rings. The fraction of sp³-hybridized carbons (Fsp3) is 0.542. The number of alkyl halides is 6. The molecule has 1 aromatic heterocycles. The van der Waals surface area contributed by atoms with Gasteiger partial charge in [-0.1, -0.05) is 18.2 Å². The fourth-order valence-electron chi connectivity index (χ4n) is 4.70. The molecule has 2 heterocycles. The smallest absolute Gasteiger partial charge is 0.393 e. The number of rotatable bonds is 5. The number of hydrogen-bond acceptors (Lipinski definition) is 6. The number of aliphatic hydroxyl groups excluding tert-OH is 1. The lowest BCUT2D eigenvalue weighted by Gasteiger charge is -2.33. The highest BCUT2D eigenvalue weighted by atomic mass is 32.1. The molecule has 2 aliphatic rings. The summed E-state index contributed by atoms with van der Waals surface area (Å²) < 4.78 is 80.3. The van der Waals surface area contributed by atoms with E-state index in [-0.39, 0.29) is 38.8 Å². The van der Waals surface area contributed by atoms with Gasteiger partial charge in [0, 0.05) is 24.2 Å². The zero-order valence-electron chi connectivity index (χ0n) is 20.3. The summed E-state index contributed by atoms with van der Waals surface area (Å²) in [5.41, 5.74) is -6.65. The molecule has 0 spiro atoms.